The second kappa shape index (κ2) is 7.26. The Hall–Kier alpha value is -1.72. The van der Waals surface area contributed by atoms with E-state index in [1.54, 1.807) is 30.3 Å². The molecule has 1 aliphatic heterocycles. The molecule has 0 bridgehead atoms. The summed E-state index contributed by atoms with van der Waals surface area (Å²) in [5.74, 6) is 0.174. The van der Waals surface area contributed by atoms with E-state index >= 15 is 0 Å². The summed E-state index contributed by atoms with van der Waals surface area (Å²) in [7, 11) is -3.63. The molecular formula is C20H24FNO2S. The van der Waals surface area contributed by atoms with Gasteiger partial charge >= 0.3 is 0 Å². The first-order chi connectivity index (χ1) is 11.9. The minimum absolute atomic E-state index is 0.281. The minimum atomic E-state index is -3.63. The van der Waals surface area contributed by atoms with Crippen molar-refractivity contribution < 1.29 is 12.8 Å². The number of halogens is 1. The van der Waals surface area contributed by atoms with Gasteiger partial charge in [-0.2, -0.15) is 4.31 Å². The van der Waals surface area contributed by atoms with Gasteiger partial charge in [0.2, 0.25) is 10.0 Å². The fourth-order valence-electron chi connectivity index (χ4n) is 3.49. The van der Waals surface area contributed by atoms with Crippen molar-refractivity contribution in [2.24, 2.45) is 5.92 Å². The maximum Gasteiger partial charge on any atom is 0.243 e. The maximum absolute atomic E-state index is 14.2. The summed E-state index contributed by atoms with van der Waals surface area (Å²) in [5, 5.41) is 0. The van der Waals surface area contributed by atoms with E-state index in [2.05, 4.69) is 13.8 Å². The van der Waals surface area contributed by atoms with Crippen LogP contribution in [0.4, 0.5) is 4.39 Å². The van der Waals surface area contributed by atoms with Gasteiger partial charge in [0, 0.05) is 12.1 Å². The highest BCUT2D eigenvalue weighted by atomic mass is 32.2. The van der Waals surface area contributed by atoms with Gasteiger partial charge in [0.1, 0.15) is 5.82 Å². The number of sulfonamides is 1. The van der Waals surface area contributed by atoms with Crippen molar-refractivity contribution in [3.63, 3.8) is 0 Å². The molecule has 1 atom stereocenters. The van der Waals surface area contributed by atoms with Crippen LogP contribution >= 0.6 is 0 Å². The SMILES string of the molecule is CC(C)Cc1ccc(S(=O)(=O)N2CCCC2c2ccccc2F)cc1. The molecular weight excluding hydrogens is 337 g/mol. The summed E-state index contributed by atoms with van der Waals surface area (Å²) in [4.78, 5) is 0.281. The number of rotatable bonds is 5. The first-order valence-corrected chi connectivity index (χ1v) is 10.2. The maximum atomic E-state index is 14.2. The zero-order valence-electron chi connectivity index (χ0n) is 14.7. The summed E-state index contributed by atoms with van der Waals surface area (Å²) in [6, 6.07) is 13.1. The molecule has 0 aromatic heterocycles. The van der Waals surface area contributed by atoms with Crippen molar-refractivity contribution in [3.8, 4) is 0 Å². The number of hydrogen-bond acceptors (Lipinski definition) is 2. The number of nitrogens with zero attached hydrogens (tertiary/aromatic N) is 1. The molecule has 0 aliphatic carbocycles. The Morgan fingerprint density at radius 3 is 2.44 bits per heavy atom. The second-order valence-corrected chi connectivity index (χ2v) is 8.93. The lowest BCUT2D eigenvalue weighted by atomic mass is 10.0. The molecule has 25 heavy (non-hydrogen) atoms. The predicted molar refractivity (Wildman–Crippen MR) is 97.3 cm³/mol. The summed E-state index contributed by atoms with van der Waals surface area (Å²) < 4.78 is 41.7. The fraction of sp³-hybridized carbons (Fsp3) is 0.400. The normalized spacial score (nSPS) is 18.8. The zero-order chi connectivity index (χ0) is 18.0. The van der Waals surface area contributed by atoms with Crippen LogP contribution in [0.15, 0.2) is 53.4 Å². The van der Waals surface area contributed by atoms with Gasteiger partial charge < -0.3 is 0 Å². The number of hydrogen-bond donors (Lipinski definition) is 0. The average Bonchev–Trinajstić information content (AvgIpc) is 3.05. The lowest BCUT2D eigenvalue weighted by Gasteiger charge is -2.25. The molecule has 134 valence electrons. The summed E-state index contributed by atoms with van der Waals surface area (Å²) >= 11 is 0. The van der Waals surface area contributed by atoms with Crippen LogP contribution in [0.3, 0.4) is 0 Å². The highest BCUT2D eigenvalue weighted by Gasteiger charge is 2.37. The van der Waals surface area contributed by atoms with Gasteiger partial charge in [-0.1, -0.05) is 44.2 Å². The quantitative estimate of drug-likeness (QED) is 0.783. The highest BCUT2D eigenvalue weighted by Crippen LogP contribution is 2.37. The molecule has 1 aliphatic rings. The minimum Gasteiger partial charge on any atom is -0.207 e. The molecule has 0 N–H and O–H groups in total. The van der Waals surface area contributed by atoms with E-state index in [4.69, 9.17) is 0 Å². The van der Waals surface area contributed by atoms with Crippen molar-refractivity contribution in [2.75, 3.05) is 6.54 Å². The Morgan fingerprint density at radius 2 is 1.80 bits per heavy atom. The first kappa shape index (κ1) is 18.1. The average molecular weight is 361 g/mol. The van der Waals surface area contributed by atoms with Gasteiger partial charge in [-0.05, 0) is 48.9 Å². The lowest BCUT2D eigenvalue weighted by Crippen LogP contribution is -2.31. The third kappa shape index (κ3) is 3.77. The van der Waals surface area contributed by atoms with E-state index < -0.39 is 16.1 Å². The van der Waals surface area contributed by atoms with Crippen LogP contribution in [0.25, 0.3) is 0 Å². The second-order valence-electron chi connectivity index (χ2n) is 7.04. The molecule has 1 fully saturated rings. The fourth-order valence-corrected chi connectivity index (χ4v) is 5.16. The van der Waals surface area contributed by atoms with Gasteiger partial charge in [-0.25, -0.2) is 12.8 Å². The Bertz CT molecular complexity index is 831. The monoisotopic (exact) mass is 361 g/mol. The van der Waals surface area contributed by atoms with Crippen LogP contribution < -0.4 is 0 Å². The highest BCUT2D eigenvalue weighted by molar-refractivity contribution is 7.89. The lowest BCUT2D eigenvalue weighted by molar-refractivity contribution is 0.386. The van der Waals surface area contributed by atoms with Gasteiger partial charge in [-0.3, -0.25) is 0 Å². The Balaban J connectivity index is 1.89. The van der Waals surface area contributed by atoms with Crippen LogP contribution in [0.1, 0.15) is 43.9 Å². The Labute approximate surface area is 149 Å². The largest absolute Gasteiger partial charge is 0.243 e. The van der Waals surface area contributed by atoms with Crippen LogP contribution in [-0.4, -0.2) is 19.3 Å². The standard InChI is InChI=1S/C20H24FNO2S/c1-15(2)14-16-9-11-17(12-10-16)25(23,24)22-13-5-8-20(22)18-6-3-4-7-19(18)21/h3-4,6-7,9-12,15,20H,5,8,13-14H2,1-2H3. The molecule has 2 aromatic carbocycles. The zero-order valence-corrected chi connectivity index (χ0v) is 15.5. The summed E-state index contributed by atoms with van der Waals surface area (Å²) in [5.41, 5.74) is 1.58. The smallest absolute Gasteiger partial charge is 0.207 e. The van der Waals surface area contributed by atoms with Gasteiger partial charge in [-0.15, -0.1) is 0 Å². The first-order valence-electron chi connectivity index (χ1n) is 8.75. The van der Waals surface area contributed by atoms with Crippen molar-refractivity contribution in [1.29, 1.82) is 0 Å². The molecule has 3 rings (SSSR count). The van der Waals surface area contributed by atoms with E-state index in [0.717, 1.165) is 18.4 Å². The summed E-state index contributed by atoms with van der Waals surface area (Å²) in [6.07, 6.45) is 2.30. The van der Waals surface area contributed by atoms with Crippen molar-refractivity contribution in [2.45, 2.75) is 44.0 Å². The molecule has 5 heteroatoms. The molecule has 1 heterocycles. The predicted octanol–water partition coefficient (Wildman–Crippen LogP) is 4.55. The molecule has 2 aromatic rings. The summed E-state index contributed by atoms with van der Waals surface area (Å²) in [6.45, 7) is 4.69. The third-order valence-corrected chi connectivity index (χ3v) is 6.56. The molecule has 0 amide bonds. The van der Waals surface area contributed by atoms with Crippen molar-refractivity contribution in [3.05, 3.63) is 65.5 Å². The van der Waals surface area contributed by atoms with Crippen LogP contribution in [0, 0.1) is 11.7 Å². The van der Waals surface area contributed by atoms with Crippen molar-refractivity contribution >= 4 is 10.0 Å². The van der Waals surface area contributed by atoms with E-state index in [0.29, 0.717) is 24.4 Å². The van der Waals surface area contributed by atoms with Gasteiger partial charge in [0.25, 0.3) is 0 Å². The Morgan fingerprint density at radius 1 is 1.12 bits per heavy atom. The van der Waals surface area contributed by atoms with E-state index in [1.165, 1.54) is 10.4 Å². The van der Waals surface area contributed by atoms with Crippen molar-refractivity contribution in [1.82, 2.24) is 4.31 Å². The van der Waals surface area contributed by atoms with Crippen LogP contribution in [0.5, 0.6) is 0 Å². The molecule has 0 spiro atoms. The van der Waals surface area contributed by atoms with Gasteiger partial charge in [0.05, 0.1) is 10.9 Å². The topological polar surface area (TPSA) is 37.4 Å². The van der Waals surface area contributed by atoms with E-state index in [9.17, 15) is 12.8 Å². The van der Waals surface area contributed by atoms with E-state index in [-0.39, 0.29) is 10.7 Å². The van der Waals surface area contributed by atoms with Gasteiger partial charge in [0.15, 0.2) is 0 Å². The molecule has 0 saturated carbocycles. The van der Waals surface area contributed by atoms with E-state index in [1.807, 2.05) is 12.1 Å². The molecule has 0 radical (unpaired) electrons. The molecule has 3 nitrogen and oxygen atoms in total. The van der Waals surface area contributed by atoms with Crippen LogP contribution in [-0.2, 0) is 16.4 Å². The number of benzene rings is 2. The van der Waals surface area contributed by atoms with Crippen LogP contribution in [0.2, 0.25) is 0 Å². The molecule has 1 saturated heterocycles. The Kier molecular flexibility index (Phi) is 5.25. The third-order valence-electron chi connectivity index (χ3n) is 4.64. The molecule has 1 unspecified atom stereocenters.